The third kappa shape index (κ3) is 2.35. The van der Waals surface area contributed by atoms with Crippen molar-refractivity contribution >= 4 is 0 Å². The van der Waals surface area contributed by atoms with E-state index in [1.54, 1.807) is 11.1 Å². The second-order valence-electron chi connectivity index (χ2n) is 8.16. The van der Waals surface area contributed by atoms with Crippen LogP contribution in [0.5, 0.6) is 0 Å². The second kappa shape index (κ2) is 4.36. The Morgan fingerprint density at radius 1 is 1.05 bits per heavy atom. The lowest BCUT2D eigenvalue weighted by Gasteiger charge is -2.34. The van der Waals surface area contributed by atoms with Crippen molar-refractivity contribution < 1.29 is 0 Å². The van der Waals surface area contributed by atoms with E-state index >= 15 is 0 Å². The highest BCUT2D eigenvalue weighted by Gasteiger charge is 2.44. The molecular formula is C19H28. The Balaban J connectivity index is 1.98. The number of hydrogen-bond acceptors (Lipinski definition) is 0. The van der Waals surface area contributed by atoms with E-state index in [1.807, 2.05) is 0 Å². The highest BCUT2D eigenvalue weighted by molar-refractivity contribution is 5.40. The van der Waals surface area contributed by atoms with Gasteiger partial charge in [-0.05, 0) is 59.5 Å². The molecule has 0 heteroatoms. The SMILES string of the molecule is CC1(c2ccccc2C2CCCC2C(C)(C)C)CC1. The third-order valence-corrected chi connectivity index (χ3v) is 5.64. The summed E-state index contributed by atoms with van der Waals surface area (Å²) in [5, 5.41) is 0. The molecule has 2 fully saturated rings. The summed E-state index contributed by atoms with van der Waals surface area (Å²) in [4.78, 5) is 0. The van der Waals surface area contributed by atoms with E-state index in [9.17, 15) is 0 Å². The van der Waals surface area contributed by atoms with Crippen molar-refractivity contribution in [3.63, 3.8) is 0 Å². The minimum Gasteiger partial charge on any atom is -0.0620 e. The maximum atomic E-state index is 2.45. The van der Waals surface area contributed by atoms with Crippen molar-refractivity contribution in [2.45, 2.75) is 71.1 Å². The predicted octanol–water partition coefficient (Wildman–Crippen LogP) is 5.67. The molecule has 2 saturated carbocycles. The molecule has 3 rings (SSSR count). The molecule has 0 bridgehead atoms. The first kappa shape index (κ1) is 13.2. The lowest BCUT2D eigenvalue weighted by atomic mass is 9.71. The Kier molecular flexibility index (Phi) is 3.04. The molecule has 0 N–H and O–H groups in total. The van der Waals surface area contributed by atoms with Crippen LogP contribution in [0.4, 0.5) is 0 Å². The molecule has 2 aliphatic carbocycles. The van der Waals surface area contributed by atoms with E-state index in [2.05, 4.69) is 52.0 Å². The average Bonchev–Trinajstić information content (AvgIpc) is 2.93. The van der Waals surface area contributed by atoms with Gasteiger partial charge in [0.15, 0.2) is 0 Å². The van der Waals surface area contributed by atoms with Gasteiger partial charge in [-0.2, -0.15) is 0 Å². The van der Waals surface area contributed by atoms with Gasteiger partial charge in [-0.1, -0.05) is 58.4 Å². The molecule has 1 aromatic rings. The van der Waals surface area contributed by atoms with Gasteiger partial charge >= 0.3 is 0 Å². The lowest BCUT2D eigenvalue weighted by Crippen LogP contribution is -2.24. The summed E-state index contributed by atoms with van der Waals surface area (Å²) in [6.07, 6.45) is 7.00. The Morgan fingerprint density at radius 2 is 1.74 bits per heavy atom. The van der Waals surface area contributed by atoms with Crippen molar-refractivity contribution in [2.24, 2.45) is 11.3 Å². The van der Waals surface area contributed by atoms with E-state index < -0.39 is 0 Å². The highest BCUT2D eigenvalue weighted by Crippen LogP contribution is 2.54. The zero-order valence-electron chi connectivity index (χ0n) is 13.0. The van der Waals surface area contributed by atoms with E-state index in [1.165, 1.54) is 32.1 Å². The lowest BCUT2D eigenvalue weighted by molar-refractivity contribution is 0.222. The topological polar surface area (TPSA) is 0 Å². The van der Waals surface area contributed by atoms with Crippen molar-refractivity contribution in [2.75, 3.05) is 0 Å². The van der Waals surface area contributed by atoms with E-state index in [0.717, 1.165) is 11.8 Å². The van der Waals surface area contributed by atoms with Gasteiger partial charge in [-0.3, -0.25) is 0 Å². The van der Waals surface area contributed by atoms with E-state index in [0.29, 0.717) is 10.8 Å². The molecule has 0 nitrogen and oxygen atoms in total. The van der Waals surface area contributed by atoms with Gasteiger partial charge in [-0.15, -0.1) is 0 Å². The molecule has 1 aromatic carbocycles. The maximum absolute atomic E-state index is 2.45. The number of hydrogen-bond donors (Lipinski definition) is 0. The molecule has 2 aliphatic rings. The Bertz CT molecular complexity index is 459. The quantitative estimate of drug-likeness (QED) is 0.639. The van der Waals surface area contributed by atoms with Crippen molar-refractivity contribution in [1.82, 2.24) is 0 Å². The number of benzene rings is 1. The van der Waals surface area contributed by atoms with Gasteiger partial charge in [0.05, 0.1) is 0 Å². The van der Waals surface area contributed by atoms with Gasteiger partial charge in [0.2, 0.25) is 0 Å². The standard InChI is InChI=1S/C19H28/c1-18(2,3)16-11-7-9-14(16)15-8-5-6-10-17(15)19(4)12-13-19/h5-6,8,10,14,16H,7,9,11-13H2,1-4H3. The Morgan fingerprint density at radius 3 is 2.37 bits per heavy atom. The summed E-state index contributed by atoms with van der Waals surface area (Å²) in [6, 6.07) is 9.32. The van der Waals surface area contributed by atoms with Gasteiger partial charge in [0, 0.05) is 0 Å². The molecule has 0 saturated heterocycles. The van der Waals surface area contributed by atoms with Crippen molar-refractivity contribution in [3.05, 3.63) is 35.4 Å². The maximum Gasteiger partial charge on any atom is -0.00718 e. The van der Waals surface area contributed by atoms with Gasteiger partial charge in [0.1, 0.15) is 0 Å². The fourth-order valence-corrected chi connectivity index (χ4v) is 4.20. The molecule has 0 spiro atoms. The molecule has 19 heavy (non-hydrogen) atoms. The summed E-state index contributed by atoms with van der Waals surface area (Å²) in [6.45, 7) is 9.74. The molecule has 0 aliphatic heterocycles. The van der Waals surface area contributed by atoms with Crippen LogP contribution in [0.2, 0.25) is 0 Å². The van der Waals surface area contributed by atoms with Crippen LogP contribution >= 0.6 is 0 Å². The molecule has 0 aromatic heterocycles. The largest absolute Gasteiger partial charge is 0.0620 e. The molecule has 0 heterocycles. The van der Waals surface area contributed by atoms with Crippen LogP contribution in [0.3, 0.4) is 0 Å². The predicted molar refractivity (Wildman–Crippen MR) is 82.6 cm³/mol. The average molecular weight is 256 g/mol. The van der Waals surface area contributed by atoms with Gasteiger partial charge in [0.25, 0.3) is 0 Å². The van der Waals surface area contributed by atoms with E-state index in [4.69, 9.17) is 0 Å². The second-order valence-corrected chi connectivity index (χ2v) is 8.16. The molecule has 104 valence electrons. The minimum atomic E-state index is 0.443. The zero-order chi connectivity index (χ0) is 13.7. The van der Waals surface area contributed by atoms with Gasteiger partial charge < -0.3 is 0 Å². The fraction of sp³-hybridized carbons (Fsp3) is 0.684. The Hall–Kier alpha value is -0.780. The van der Waals surface area contributed by atoms with Crippen LogP contribution in [0, 0.1) is 11.3 Å². The molecule has 0 radical (unpaired) electrons. The first-order valence-electron chi connectivity index (χ1n) is 8.01. The summed E-state index contributed by atoms with van der Waals surface area (Å²) >= 11 is 0. The molecule has 2 unspecified atom stereocenters. The molecule has 2 atom stereocenters. The fourth-order valence-electron chi connectivity index (χ4n) is 4.20. The summed E-state index contributed by atoms with van der Waals surface area (Å²) in [7, 11) is 0. The van der Waals surface area contributed by atoms with Crippen LogP contribution in [0.25, 0.3) is 0 Å². The highest BCUT2D eigenvalue weighted by atomic mass is 14.5. The van der Waals surface area contributed by atoms with Crippen LogP contribution in [0.1, 0.15) is 76.8 Å². The monoisotopic (exact) mass is 256 g/mol. The Labute approximate surface area is 118 Å². The van der Waals surface area contributed by atoms with Crippen LogP contribution in [-0.4, -0.2) is 0 Å². The van der Waals surface area contributed by atoms with Gasteiger partial charge in [-0.25, -0.2) is 0 Å². The van der Waals surface area contributed by atoms with Crippen LogP contribution < -0.4 is 0 Å². The minimum absolute atomic E-state index is 0.443. The summed E-state index contributed by atoms with van der Waals surface area (Å²) in [5.74, 6) is 1.66. The first-order chi connectivity index (χ1) is 8.92. The smallest absolute Gasteiger partial charge is 0.00718 e. The van der Waals surface area contributed by atoms with Crippen LogP contribution in [0.15, 0.2) is 24.3 Å². The zero-order valence-corrected chi connectivity index (χ0v) is 13.0. The summed E-state index contributed by atoms with van der Waals surface area (Å²) < 4.78 is 0. The van der Waals surface area contributed by atoms with Crippen molar-refractivity contribution in [1.29, 1.82) is 0 Å². The van der Waals surface area contributed by atoms with Crippen LogP contribution in [-0.2, 0) is 5.41 Å². The van der Waals surface area contributed by atoms with E-state index in [-0.39, 0.29) is 0 Å². The third-order valence-electron chi connectivity index (χ3n) is 5.64. The van der Waals surface area contributed by atoms with Crippen molar-refractivity contribution in [3.8, 4) is 0 Å². The molecular weight excluding hydrogens is 228 g/mol. The summed E-state index contributed by atoms with van der Waals surface area (Å²) in [5.41, 5.74) is 4.29. The normalized spacial score (nSPS) is 29.5. The molecule has 0 amide bonds. The first-order valence-corrected chi connectivity index (χ1v) is 8.01. The number of rotatable bonds is 2.